The maximum absolute atomic E-state index is 5.81. The molecule has 0 amide bonds. The van der Waals surface area contributed by atoms with Crippen LogP contribution in [0.1, 0.15) is 32.0 Å². The van der Waals surface area contributed by atoms with Crippen molar-refractivity contribution >= 4 is 16.3 Å². The Bertz CT molecular complexity index is 887. The van der Waals surface area contributed by atoms with Crippen LogP contribution in [0, 0.1) is 0 Å². The second-order valence-corrected chi connectivity index (χ2v) is 6.83. The van der Waals surface area contributed by atoms with Crippen molar-refractivity contribution in [1.82, 2.24) is 19.8 Å². The van der Waals surface area contributed by atoms with E-state index in [4.69, 9.17) is 14.2 Å². The number of hydrogen-bond acceptors (Lipinski definition) is 7. The number of ether oxygens (including phenoxy) is 3. The van der Waals surface area contributed by atoms with Gasteiger partial charge in [0.1, 0.15) is 5.01 Å². The normalized spacial score (nSPS) is 14.2. The number of hydrogen-bond donors (Lipinski definition) is 0. The Morgan fingerprint density at radius 2 is 2.04 bits per heavy atom. The molecule has 0 atom stereocenters. The van der Waals surface area contributed by atoms with Crippen LogP contribution in [-0.4, -0.2) is 40.1 Å². The van der Waals surface area contributed by atoms with Gasteiger partial charge in [0, 0.05) is 17.9 Å². The second-order valence-electron chi connectivity index (χ2n) is 5.87. The van der Waals surface area contributed by atoms with Crippen LogP contribution in [0.25, 0.3) is 15.5 Å². The van der Waals surface area contributed by atoms with Crippen molar-refractivity contribution in [2.45, 2.75) is 26.2 Å². The van der Waals surface area contributed by atoms with Gasteiger partial charge in [-0.3, -0.25) is 0 Å². The predicted octanol–water partition coefficient (Wildman–Crippen LogP) is 3.15. The Morgan fingerprint density at radius 1 is 1.21 bits per heavy atom. The lowest BCUT2D eigenvalue weighted by Crippen LogP contribution is -1.98. The van der Waals surface area contributed by atoms with Crippen LogP contribution in [0.15, 0.2) is 12.1 Å². The summed E-state index contributed by atoms with van der Waals surface area (Å²) in [6.45, 7) is 5.40. The summed E-state index contributed by atoms with van der Waals surface area (Å²) in [4.78, 5) is 0.778. The Morgan fingerprint density at radius 3 is 2.83 bits per heavy atom. The standard InChI is InChI=1S/C16H18N4O3S/c1-9(2)14-17-18-16-20(14)19-15(24-16)10-7-11(21-3)13-12(8-10)22-5-4-6-23-13/h7-9H,4-6H2,1-3H3. The fourth-order valence-corrected chi connectivity index (χ4v) is 3.46. The van der Waals surface area contributed by atoms with Crippen molar-refractivity contribution < 1.29 is 14.2 Å². The van der Waals surface area contributed by atoms with E-state index in [0.717, 1.165) is 27.8 Å². The summed E-state index contributed by atoms with van der Waals surface area (Å²) in [5.74, 6) is 3.11. The monoisotopic (exact) mass is 346 g/mol. The van der Waals surface area contributed by atoms with Crippen molar-refractivity contribution in [3.8, 4) is 27.8 Å². The molecule has 0 saturated carbocycles. The van der Waals surface area contributed by atoms with E-state index >= 15 is 0 Å². The zero-order valence-corrected chi connectivity index (χ0v) is 14.6. The molecule has 0 aliphatic carbocycles. The molecule has 0 saturated heterocycles. The van der Waals surface area contributed by atoms with Gasteiger partial charge in [0.2, 0.25) is 10.7 Å². The Kier molecular flexibility index (Phi) is 3.76. The lowest BCUT2D eigenvalue weighted by atomic mass is 10.2. The van der Waals surface area contributed by atoms with E-state index < -0.39 is 0 Å². The van der Waals surface area contributed by atoms with Crippen LogP contribution in [0.3, 0.4) is 0 Å². The first-order valence-corrected chi connectivity index (χ1v) is 8.69. The van der Waals surface area contributed by atoms with Gasteiger partial charge in [-0.15, -0.1) is 10.2 Å². The minimum Gasteiger partial charge on any atom is -0.493 e. The topological polar surface area (TPSA) is 70.8 Å². The molecule has 7 nitrogen and oxygen atoms in total. The van der Waals surface area contributed by atoms with Gasteiger partial charge in [-0.1, -0.05) is 25.2 Å². The average Bonchev–Trinajstić information content (AvgIpc) is 3.06. The maximum atomic E-state index is 5.81. The van der Waals surface area contributed by atoms with Crippen molar-refractivity contribution in [3.05, 3.63) is 18.0 Å². The molecule has 4 rings (SSSR count). The summed E-state index contributed by atoms with van der Waals surface area (Å²) in [6.07, 6.45) is 0.849. The number of aromatic nitrogens is 4. The van der Waals surface area contributed by atoms with E-state index in [1.165, 1.54) is 11.3 Å². The molecule has 2 aromatic heterocycles. The highest BCUT2D eigenvalue weighted by Crippen LogP contribution is 2.43. The van der Waals surface area contributed by atoms with Gasteiger partial charge in [0.05, 0.1) is 20.3 Å². The van der Waals surface area contributed by atoms with Gasteiger partial charge < -0.3 is 14.2 Å². The summed E-state index contributed by atoms with van der Waals surface area (Å²) in [6, 6.07) is 3.87. The molecule has 24 heavy (non-hydrogen) atoms. The first-order chi connectivity index (χ1) is 11.7. The molecule has 0 spiro atoms. The third kappa shape index (κ3) is 2.47. The minimum atomic E-state index is 0.258. The van der Waals surface area contributed by atoms with Crippen molar-refractivity contribution in [2.24, 2.45) is 0 Å². The van der Waals surface area contributed by atoms with Gasteiger partial charge >= 0.3 is 0 Å². The highest BCUT2D eigenvalue weighted by molar-refractivity contribution is 7.19. The van der Waals surface area contributed by atoms with Crippen molar-refractivity contribution in [2.75, 3.05) is 20.3 Å². The first-order valence-electron chi connectivity index (χ1n) is 7.87. The first kappa shape index (κ1) is 15.2. The molecule has 1 aromatic carbocycles. The van der Waals surface area contributed by atoms with Crippen molar-refractivity contribution in [1.29, 1.82) is 0 Å². The number of benzene rings is 1. The van der Waals surface area contributed by atoms with Crippen LogP contribution < -0.4 is 14.2 Å². The molecule has 0 unspecified atom stereocenters. The Hall–Kier alpha value is -2.35. The lowest BCUT2D eigenvalue weighted by Gasteiger charge is -2.12. The van der Waals surface area contributed by atoms with Crippen LogP contribution in [0.5, 0.6) is 17.2 Å². The molecule has 1 aliphatic heterocycles. The van der Waals surface area contributed by atoms with E-state index in [2.05, 4.69) is 29.1 Å². The van der Waals surface area contributed by atoms with E-state index in [-0.39, 0.29) is 5.92 Å². The molecule has 3 heterocycles. The quantitative estimate of drug-likeness (QED) is 0.725. The Labute approximate surface area is 143 Å². The summed E-state index contributed by atoms with van der Waals surface area (Å²) in [5.41, 5.74) is 0.918. The van der Waals surface area contributed by atoms with E-state index in [9.17, 15) is 0 Å². The molecule has 0 radical (unpaired) electrons. The SMILES string of the molecule is COc1cc(-c2nn3c(C(C)C)nnc3s2)cc2c1OCCCO2. The molecule has 126 valence electrons. The highest BCUT2D eigenvalue weighted by Gasteiger charge is 2.21. The van der Waals surface area contributed by atoms with Crippen LogP contribution >= 0.6 is 11.3 Å². The van der Waals surface area contributed by atoms with Gasteiger partial charge in [-0.05, 0) is 12.1 Å². The maximum Gasteiger partial charge on any atom is 0.234 e. The summed E-state index contributed by atoms with van der Waals surface area (Å²) < 4.78 is 18.9. The fraction of sp³-hybridized carbons (Fsp3) is 0.438. The molecule has 8 heteroatoms. The van der Waals surface area contributed by atoms with Gasteiger partial charge in [-0.25, -0.2) is 0 Å². The van der Waals surface area contributed by atoms with E-state index in [1.807, 2.05) is 12.1 Å². The predicted molar refractivity (Wildman–Crippen MR) is 90.3 cm³/mol. The molecule has 0 fully saturated rings. The molecule has 1 aliphatic rings. The molecular weight excluding hydrogens is 328 g/mol. The van der Waals surface area contributed by atoms with Crippen LogP contribution in [-0.2, 0) is 0 Å². The number of fused-ring (bicyclic) bond motifs is 2. The Balaban J connectivity index is 1.83. The number of nitrogens with zero attached hydrogens (tertiary/aromatic N) is 4. The zero-order chi connectivity index (χ0) is 16.7. The minimum absolute atomic E-state index is 0.258. The van der Waals surface area contributed by atoms with Gasteiger partial charge in [0.25, 0.3) is 0 Å². The largest absolute Gasteiger partial charge is 0.493 e. The fourth-order valence-electron chi connectivity index (χ4n) is 2.63. The van der Waals surface area contributed by atoms with Crippen molar-refractivity contribution in [3.63, 3.8) is 0 Å². The molecule has 0 bridgehead atoms. The average molecular weight is 346 g/mol. The third-order valence-corrected chi connectivity index (χ3v) is 4.76. The van der Waals surface area contributed by atoms with E-state index in [0.29, 0.717) is 30.5 Å². The molecule has 0 N–H and O–H groups in total. The number of methoxy groups -OCH3 is 1. The lowest BCUT2D eigenvalue weighted by molar-refractivity contribution is 0.289. The highest BCUT2D eigenvalue weighted by atomic mass is 32.1. The summed E-state index contributed by atoms with van der Waals surface area (Å²) >= 11 is 1.49. The summed E-state index contributed by atoms with van der Waals surface area (Å²) in [7, 11) is 1.63. The second kappa shape index (κ2) is 5.94. The zero-order valence-electron chi connectivity index (χ0n) is 13.8. The van der Waals surface area contributed by atoms with Crippen LogP contribution in [0.4, 0.5) is 0 Å². The van der Waals surface area contributed by atoms with E-state index in [1.54, 1.807) is 11.6 Å². The smallest absolute Gasteiger partial charge is 0.234 e. The summed E-state index contributed by atoms with van der Waals surface area (Å²) in [5, 5.41) is 13.9. The van der Waals surface area contributed by atoms with Crippen LogP contribution in [0.2, 0.25) is 0 Å². The molecule has 3 aromatic rings. The van der Waals surface area contributed by atoms with Gasteiger partial charge in [-0.2, -0.15) is 9.61 Å². The van der Waals surface area contributed by atoms with Gasteiger partial charge in [0.15, 0.2) is 17.3 Å². The third-order valence-electron chi connectivity index (χ3n) is 3.81. The number of rotatable bonds is 3. The molecular formula is C16H18N4O3S.